The molecule has 1 aliphatic carbocycles. The summed E-state index contributed by atoms with van der Waals surface area (Å²) in [6.07, 6.45) is 6.90. The topological polar surface area (TPSA) is 29.3 Å². The Morgan fingerprint density at radius 2 is 1.93 bits per heavy atom. The lowest BCUT2D eigenvalue weighted by atomic mass is 9.85. The van der Waals surface area contributed by atoms with Crippen LogP contribution >= 0.6 is 0 Å². The van der Waals surface area contributed by atoms with E-state index in [1.807, 2.05) is 0 Å². The summed E-state index contributed by atoms with van der Waals surface area (Å²) in [5, 5.41) is 0. The number of likely N-dealkylation sites (tertiary alicyclic amines) is 1. The minimum atomic E-state index is 0.471. The molecule has 0 amide bonds. The number of nitrogens with two attached hydrogens (primary N) is 1. The highest BCUT2D eigenvalue weighted by Crippen LogP contribution is 2.39. The molecule has 2 nitrogen and oxygen atoms in total. The van der Waals surface area contributed by atoms with Crippen LogP contribution in [0, 0.1) is 11.3 Å². The van der Waals surface area contributed by atoms with Crippen LogP contribution in [0.1, 0.15) is 46.0 Å². The van der Waals surface area contributed by atoms with Crippen LogP contribution in [-0.2, 0) is 0 Å². The second-order valence-corrected chi connectivity index (χ2v) is 6.03. The monoisotopic (exact) mass is 210 g/mol. The van der Waals surface area contributed by atoms with Crippen LogP contribution in [0.3, 0.4) is 0 Å². The number of hydrogen-bond donors (Lipinski definition) is 1. The van der Waals surface area contributed by atoms with Gasteiger partial charge in [0.05, 0.1) is 0 Å². The molecule has 2 N–H and O–H groups in total. The predicted molar refractivity (Wildman–Crippen MR) is 64.8 cm³/mol. The highest BCUT2D eigenvalue weighted by Gasteiger charge is 2.37. The minimum absolute atomic E-state index is 0.471. The Morgan fingerprint density at radius 1 is 1.27 bits per heavy atom. The smallest absolute Gasteiger partial charge is 0.00702 e. The van der Waals surface area contributed by atoms with Gasteiger partial charge in [0.25, 0.3) is 0 Å². The highest BCUT2D eigenvalue weighted by atomic mass is 15.2. The van der Waals surface area contributed by atoms with Gasteiger partial charge in [0.2, 0.25) is 0 Å². The molecule has 88 valence electrons. The second kappa shape index (κ2) is 4.42. The molecule has 0 radical (unpaired) electrons. The lowest BCUT2D eigenvalue weighted by Crippen LogP contribution is -2.42. The number of nitrogens with zero attached hydrogens (tertiary/aromatic N) is 1. The van der Waals surface area contributed by atoms with Crippen molar-refractivity contribution in [2.75, 3.05) is 19.6 Å². The summed E-state index contributed by atoms with van der Waals surface area (Å²) < 4.78 is 0. The van der Waals surface area contributed by atoms with Gasteiger partial charge < -0.3 is 5.73 Å². The summed E-state index contributed by atoms with van der Waals surface area (Å²) in [5.41, 5.74) is 6.47. The summed E-state index contributed by atoms with van der Waals surface area (Å²) in [6.45, 7) is 8.20. The van der Waals surface area contributed by atoms with Crippen LogP contribution < -0.4 is 5.73 Å². The van der Waals surface area contributed by atoms with Crippen LogP contribution in [0.25, 0.3) is 0 Å². The van der Waals surface area contributed by atoms with Crippen molar-refractivity contribution in [3.05, 3.63) is 0 Å². The first kappa shape index (κ1) is 11.4. The van der Waals surface area contributed by atoms with E-state index in [4.69, 9.17) is 5.73 Å². The lowest BCUT2D eigenvalue weighted by molar-refractivity contribution is 0.151. The van der Waals surface area contributed by atoms with Crippen molar-refractivity contribution in [2.24, 2.45) is 17.1 Å². The van der Waals surface area contributed by atoms with Crippen molar-refractivity contribution in [1.82, 2.24) is 4.90 Å². The first-order chi connectivity index (χ1) is 7.15. The Bertz CT molecular complexity index is 209. The fourth-order valence-corrected chi connectivity index (χ4v) is 3.59. The van der Waals surface area contributed by atoms with Gasteiger partial charge >= 0.3 is 0 Å². The predicted octanol–water partition coefficient (Wildman–Crippen LogP) is 2.24. The molecule has 0 aromatic rings. The third-order valence-corrected chi connectivity index (χ3v) is 4.55. The van der Waals surface area contributed by atoms with Crippen LogP contribution in [0.2, 0.25) is 0 Å². The van der Waals surface area contributed by atoms with E-state index < -0.39 is 0 Å². The molecule has 0 aromatic heterocycles. The van der Waals surface area contributed by atoms with Gasteiger partial charge in [-0.05, 0) is 44.1 Å². The van der Waals surface area contributed by atoms with E-state index in [1.165, 1.54) is 45.2 Å². The van der Waals surface area contributed by atoms with E-state index in [0.29, 0.717) is 5.41 Å². The number of hydrogen-bond acceptors (Lipinski definition) is 2. The zero-order valence-corrected chi connectivity index (χ0v) is 10.3. The van der Waals surface area contributed by atoms with E-state index in [2.05, 4.69) is 18.7 Å². The van der Waals surface area contributed by atoms with Gasteiger partial charge in [0, 0.05) is 19.1 Å². The lowest BCUT2D eigenvalue weighted by Gasteiger charge is -2.34. The van der Waals surface area contributed by atoms with Gasteiger partial charge in [-0.15, -0.1) is 0 Å². The zero-order chi connectivity index (χ0) is 10.9. The largest absolute Gasteiger partial charge is 0.330 e. The van der Waals surface area contributed by atoms with E-state index in [0.717, 1.165) is 18.5 Å². The summed E-state index contributed by atoms with van der Waals surface area (Å²) in [6, 6.07) is 0.782. The van der Waals surface area contributed by atoms with Crippen LogP contribution in [0.15, 0.2) is 0 Å². The molecule has 1 saturated carbocycles. The molecular weight excluding hydrogens is 184 g/mol. The van der Waals surface area contributed by atoms with Crippen LogP contribution in [0.5, 0.6) is 0 Å². The molecule has 2 unspecified atom stereocenters. The fourth-order valence-electron chi connectivity index (χ4n) is 3.59. The summed E-state index contributed by atoms with van der Waals surface area (Å²) in [7, 11) is 0. The maximum Gasteiger partial charge on any atom is 0.00702 e. The molecule has 0 spiro atoms. The van der Waals surface area contributed by atoms with E-state index in [1.54, 1.807) is 0 Å². The molecule has 2 aliphatic rings. The van der Waals surface area contributed by atoms with Crippen molar-refractivity contribution in [2.45, 2.75) is 52.0 Å². The maximum atomic E-state index is 6.00. The van der Waals surface area contributed by atoms with Crippen molar-refractivity contribution in [3.63, 3.8) is 0 Å². The second-order valence-electron chi connectivity index (χ2n) is 6.03. The normalized spacial score (nSPS) is 36.2. The standard InChI is InChI=1S/C13H26N2/c1-11-7-12(2)15(8-11)10-13(9-14)5-3-4-6-13/h11-12H,3-10,14H2,1-2H3. The van der Waals surface area contributed by atoms with Crippen molar-refractivity contribution in [1.29, 1.82) is 0 Å². The van der Waals surface area contributed by atoms with Gasteiger partial charge in [-0.25, -0.2) is 0 Å². The summed E-state index contributed by atoms with van der Waals surface area (Å²) in [5.74, 6) is 0.885. The molecule has 2 fully saturated rings. The van der Waals surface area contributed by atoms with Gasteiger partial charge in [0.1, 0.15) is 0 Å². The van der Waals surface area contributed by atoms with Crippen molar-refractivity contribution in [3.8, 4) is 0 Å². The average Bonchev–Trinajstić information content (AvgIpc) is 2.76. The summed E-state index contributed by atoms with van der Waals surface area (Å²) in [4.78, 5) is 2.68. The van der Waals surface area contributed by atoms with Crippen molar-refractivity contribution >= 4 is 0 Å². The molecule has 1 aliphatic heterocycles. The third kappa shape index (κ3) is 2.36. The Morgan fingerprint density at radius 3 is 2.40 bits per heavy atom. The maximum absolute atomic E-state index is 6.00. The third-order valence-electron chi connectivity index (χ3n) is 4.55. The van der Waals surface area contributed by atoms with Gasteiger partial charge in [-0.1, -0.05) is 19.8 Å². The Hall–Kier alpha value is -0.0800. The average molecular weight is 210 g/mol. The molecule has 2 rings (SSSR count). The molecule has 2 atom stereocenters. The van der Waals surface area contributed by atoms with Crippen LogP contribution in [-0.4, -0.2) is 30.6 Å². The first-order valence-electron chi connectivity index (χ1n) is 6.59. The van der Waals surface area contributed by atoms with Gasteiger partial charge in [-0.2, -0.15) is 0 Å². The van der Waals surface area contributed by atoms with E-state index in [-0.39, 0.29) is 0 Å². The Labute approximate surface area is 94.2 Å². The molecule has 1 saturated heterocycles. The first-order valence-corrected chi connectivity index (χ1v) is 6.59. The minimum Gasteiger partial charge on any atom is -0.330 e. The SMILES string of the molecule is CC1CC(C)N(CC2(CN)CCCC2)C1. The fraction of sp³-hybridized carbons (Fsp3) is 1.00. The van der Waals surface area contributed by atoms with Crippen LogP contribution in [0.4, 0.5) is 0 Å². The Balaban J connectivity index is 1.95. The molecule has 15 heavy (non-hydrogen) atoms. The van der Waals surface area contributed by atoms with Crippen molar-refractivity contribution < 1.29 is 0 Å². The molecular formula is C13H26N2. The quantitative estimate of drug-likeness (QED) is 0.774. The number of rotatable bonds is 3. The molecule has 0 aromatic carbocycles. The van der Waals surface area contributed by atoms with E-state index >= 15 is 0 Å². The van der Waals surface area contributed by atoms with E-state index in [9.17, 15) is 0 Å². The van der Waals surface area contributed by atoms with Gasteiger partial charge in [-0.3, -0.25) is 4.90 Å². The molecule has 2 heteroatoms. The summed E-state index contributed by atoms with van der Waals surface area (Å²) >= 11 is 0. The molecule has 0 bridgehead atoms. The van der Waals surface area contributed by atoms with Gasteiger partial charge in [0.15, 0.2) is 0 Å². The molecule has 1 heterocycles. The Kier molecular flexibility index (Phi) is 3.36. The highest BCUT2D eigenvalue weighted by molar-refractivity contribution is 4.92. The zero-order valence-electron chi connectivity index (χ0n) is 10.3.